The predicted octanol–water partition coefficient (Wildman–Crippen LogP) is -8.12. The number of benzene rings is 1. The van der Waals surface area contributed by atoms with Crippen molar-refractivity contribution in [1.29, 1.82) is 16.2 Å². The van der Waals surface area contributed by atoms with E-state index in [1.807, 2.05) is 0 Å². The molecule has 58 heteroatoms. The molecule has 0 unspecified atom stereocenters. The number of likely N-dealkylation sites (tertiary alicyclic amines) is 1. The number of imidazole rings is 2. The fourth-order valence-electron chi connectivity index (χ4n) is 15.4. The van der Waals surface area contributed by atoms with E-state index in [0.29, 0.717) is 11.3 Å². The number of H-pyrrole nitrogens is 2. The first-order valence-corrected chi connectivity index (χ1v) is 53.2. The van der Waals surface area contributed by atoms with Gasteiger partial charge < -0.3 is 160 Å². The highest BCUT2D eigenvalue weighted by molar-refractivity contribution is 7.98. The summed E-state index contributed by atoms with van der Waals surface area (Å²) in [5, 5.41) is 103. The summed E-state index contributed by atoms with van der Waals surface area (Å²) in [7, 11) is 0. The van der Waals surface area contributed by atoms with E-state index >= 15 is 19.2 Å². The first-order chi connectivity index (χ1) is 71.0. The Kier molecular flexibility index (Phi) is 58.2. The fraction of sp³-hybridized carbons (Fsp3) is 0.630. The maximum atomic E-state index is 15.3. The van der Waals surface area contributed by atoms with Crippen LogP contribution in [0.5, 0.6) is 0 Å². The largest absolute Gasteiger partial charge is 0.480 e. The molecular formula is C92H152N32O22S4. The number of aliphatic hydroxyl groups excluding tert-OH is 2. The summed E-state index contributed by atoms with van der Waals surface area (Å²) in [6.45, 7) is 11.6. The number of hydrogen-bond acceptors (Lipinski definition) is 31. The highest BCUT2D eigenvalue weighted by Gasteiger charge is 2.44. The molecule has 1 aliphatic heterocycles. The lowest BCUT2D eigenvalue weighted by Crippen LogP contribution is -2.63. The molecule has 0 aliphatic carbocycles. The maximum absolute atomic E-state index is 15.3. The SMILES string of the molecule is CSCC[C@H](NC(=O)[C@H](CC(C)C)NC(=O)[C@H](C)NC(=O)[C@H](CCCNC(=N)N)NC(=O)[C@@H]1CCCN1C(=O)[C@H](CC(C)C)NC(=O)[C@H](Cc1cnc[nH]1)NC(=O)[C@H](Cc1ccccc1)NC(=O)[C@H](Cc1cnc[nH]1)NC(=O)[C@@H](NC(=O)[C@@H](NC(=O)[C@H](CCCNC(=N)N)NC(=O)[C@H](CCSC)NC(=O)[C@H](CCC(N)=O)NC(=O)[C@@H](N)CS)C(C)C)[C@@H](C)O)C(=O)N[C@@H](CCCNC(=N)N)C(=O)N[C@@H](CO)C(=O)N[C@@H](CS)C(=O)O. The summed E-state index contributed by atoms with van der Waals surface area (Å²) in [6, 6.07) is -18.6. The van der Waals surface area contributed by atoms with E-state index < -0.39 is 258 Å². The Morgan fingerprint density at radius 1 is 0.440 bits per heavy atom. The Bertz CT molecular complexity index is 4960. The smallest absolute Gasteiger partial charge is 0.327 e. The minimum atomic E-state index is -1.91. The topological polar surface area (TPSA) is 876 Å². The quantitative estimate of drug-likeness (QED) is 0.0108. The van der Waals surface area contributed by atoms with Gasteiger partial charge in [-0.15, -0.1) is 0 Å². The number of nitrogens with two attached hydrogens (primary N) is 5. The van der Waals surface area contributed by atoms with E-state index in [1.54, 1.807) is 70.5 Å². The van der Waals surface area contributed by atoms with Crippen LogP contribution in [0.3, 0.4) is 0 Å². The van der Waals surface area contributed by atoms with Gasteiger partial charge >= 0.3 is 5.97 Å². The van der Waals surface area contributed by atoms with Crippen LogP contribution in [0.25, 0.3) is 0 Å². The number of nitrogens with one attached hydrogen (secondary N) is 24. The number of thioether (sulfide) groups is 2. The number of rotatable bonds is 70. The van der Waals surface area contributed by atoms with Gasteiger partial charge in [0, 0.05) is 87.1 Å². The molecule has 4 rings (SSSR count). The van der Waals surface area contributed by atoms with Crippen LogP contribution in [0.1, 0.15) is 162 Å². The second-order valence-corrected chi connectivity index (χ2v) is 39.9. The number of aromatic amines is 2. The Hall–Kier alpha value is -13.3. The minimum absolute atomic E-state index is 0.0174. The molecule has 0 radical (unpaired) electrons. The molecule has 3 heterocycles. The number of carboxylic acids is 1. The number of primary amides is 1. The number of amides is 18. The van der Waals surface area contributed by atoms with Gasteiger partial charge in [0.25, 0.3) is 0 Å². The number of aromatic nitrogens is 4. The van der Waals surface area contributed by atoms with E-state index in [4.69, 9.17) is 44.9 Å². The van der Waals surface area contributed by atoms with Crippen LogP contribution in [0.15, 0.2) is 55.4 Å². The molecule has 1 saturated heterocycles. The molecule has 0 spiro atoms. The van der Waals surface area contributed by atoms with E-state index in [1.165, 1.54) is 74.2 Å². The lowest BCUT2D eigenvalue weighted by atomic mass is 10.00. The Balaban J connectivity index is 1.64. The number of aliphatic carboxylic acids is 1. The zero-order valence-electron chi connectivity index (χ0n) is 85.8. The molecule has 836 valence electrons. The summed E-state index contributed by atoms with van der Waals surface area (Å²) in [4.78, 5) is 285. The van der Waals surface area contributed by atoms with Crippen LogP contribution < -0.4 is 130 Å². The average molecular weight is 2190 g/mol. The van der Waals surface area contributed by atoms with Crippen molar-refractivity contribution in [2.24, 2.45) is 46.4 Å². The molecule has 1 aliphatic rings. The molecule has 1 fully saturated rings. The van der Waals surface area contributed by atoms with Crippen molar-refractivity contribution in [3.8, 4) is 0 Å². The van der Waals surface area contributed by atoms with Gasteiger partial charge in [-0.1, -0.05) is 71.9 Å². The molecule has 37 N–H and O–H groups in total. The van der Waals surface area contributed by atoms with Gasteiger partial charge in [-0.2, -0.15) is 48.8 Å². The van der Waals surface area contributed by atoms with Crippen molar-refractivity contribution >= 4 is 179 Å². The van der Waals surface area contributed by atoms with Crippen molar-refractivity contribution in [2.75, 3.05) is 68.3 Å². The standard InChI is InChI=1S/C92H152N32O22S4/c1-46(2)34-61(80(136)113-60(27-33-150-10)78(134)110-56(21-15-29-104-91(97)98)75(131)120-66(41-125)84(140)121-67(43-148)89(145)146)115-72(128)49(7)108-74(130)55(20-14-28-103-90(95)96)114-85(141)68-23-17-31-124(68)88(144)65(35-47(3)4)119-83(139)63(37-52-39-101-44-106-52)117-81(137)62(36-51-18-12-11-13-19-51)116-82(138)64(38-53-40-102-45-107-53)118-87(143)71(50(8)126)123-86(142)70(48(5)6)122-79(135)57(22-16-30-105-92(99)100)111-77(133)59(26-32-149-9)112-76(132)58(24-25-69(94)127)109-73(129)54(93)42-147/h11-13,18-19,39-40,44-50,54-68,70-71,125-126,147-148H,14-17,20-38,41-43,93H2,1-10H3,(H2,94,127)(H,101,106)(H,102,107)(H,108,130)(H,109,129)(H,110,134)(H,111,133)(H,112,132)(H,113,136)(H,114,141)(H,115,128)(H,116,138)(H,117,137)(H,118,143)(H,119,139)(H,120,131)(H,121,140)(H,122,135)(H,123,142)(H,145,146)(H4,95,96,103)(H4,97,98,104)(H4,99,100,105)/t49-,50+,54-,55-,56-,57-,58-,59-,60-,61-,62-,63-,64-,65-,66-,67-,68-,70-,71-/m0/s1. The molecular weight excluding hydrogens is 2030 g/mol. The first kappa shape index (κ1) is 129. The number of carbonyl (C=O) groups is 19. The van der Waals surface area contributed by atoms with Crippen molar-refractivity contribution in [1.82, 2.24) is 126 Å². The summed E-state index contributed by atoms with van der Waals surface area (Å²) in [6.07, 6.45) is 5.25. The predicted molar refractivity (Wildman–Crippen MR) is 564 cm³/mol. The molecule has 54 nitrogen and oxygen atoms in total. The number of hydrogen-bond donors (Lipinski definition) is 34. The number of aliphatic hydroxyl groups is 2. The summed E-state index contributed by atoms with van der Waals surface area (Å²) in [5.41, 5.74) is 28.8. The molecule has 18 amide bonds. The Labute approximate surface area is 889 Å². The molecule has 150 heavy (non-hydrogen) atoms. The van der Waals surface area contributed by atoms with Crippen LogP contribution >= 0.6 is 48.8 Å². The summed E-state index contributed by atoms with van der Waals surface area (Å²) in [5.74, 6) is -20.8. The number of nitrogens with zero attached hydrogens (tertiary/aromatic N) is 3. The monoisotopic (exact) mass is 2190 g/mol. The highest BCUT2D eigenvalue weighted by atomic mass is 32.2. The lowest BCUT2D eigenvalue weighted by Gasteiger charge is -2.32. The zero-order chi connectivity index (χ0) is 112. The van der Waals surface area contributed by atoms with E-state index in [9.17, 15) is 87.2 Å². The molecule has 19 atom stereocenters. The number of carboxylic acid groups (broad SMARTS) is 1. The van der Waals surface area contributed by atoms with Crippen LogP contribution in [-0.2, 0) is 110 Å². The van der Waals surface area contributed by atoms with Crippen LogP contribution in [0, 0.1) is 34.0 Å². The third kappa shape index (κ3) is 46.8. The van der Waals surface area contributed by atoms with Crippen molar-refractivity contribution in [3.05, 3.63) is 72.3 Å². The third-order valence-electron chi connectivity index (χ3n) is 23.5. The van der Waals surface area contributed by atoms with Crippen molar-refractivity contribution in [3.63, 3.8) is 0 Å². The van der Waals surface area contributed by atoms with E-state index in [-0.39, 0.29) is 176 Å². The average Bonchev–Trinajstić information content (AvgIpc) is 1.66. The molecule has 3 aromatic rings. The minimum Gasteiger partial charge on any atom is -0.480 e. The molecule has 0 bridgehead atoms. The first-order valence-electron chi connectivity index (χ1n) is 49.1. The molecule has 1 aromatic carbocycles. The number of carbonyl (C=O) groups excluding carboxylic acids is 18. The zero-order valence-corrected chi connectivity index (χ0v) is 89.2. The van der Waals surface area contributed by atoms with Crippen LogP contribution in [0.4, 0.5) is 0 Å². The van der Waals surface area contributed by atoms with Gasteiger partial charge in [0.1, 0.15) is 103 Å². The van der Waals surface area contributed by atoms with Crippen LogP contribution in [0.2, 0.25) is 0 Å². The van der Waals surface area contributed by atoms with Gasteiger partial charge in [-0.25, -0.2) is 14.8 Å². The Morgan fingerprint density at radius 2 is 0.807 bits per heavy atom. The second kappa shape index (κ2) is 67.7. The molecule has 2 aromatic heterocycles. The van der Waals surface area contributed by atoms with Gasteiger partial charge in [0.2, 0.25) is 106 Å². The van der Waals surface area contributed by atoms with Crippen molar-refractivity contribution < 1.29 is 106 Å². The van der Waals surface area contributed by atoms with E-state index in [0.717, 1.165) is 6.92 Å². The Morgan fingerprint density at radius 3 is 1.22 bits per heavy atom. The molecule has 0 saturated carbocycles. The lowest BCUT2D eigenvalue weighted by molar-refractivity contribution is -0.143. The number of thiol groups is 2. The van der Waals surface area contributed by atoms with Crippen LogP contribution in [-0.4, -0.2) is 353 Å². The summed E-state index contributed by atoms with van der Waals surface area (Å²) >= 11 is 10.6. The third-order valence-corrected chi connectivity index (χ3v) is 25.5. The van der Waals surface area contributed by atoms with Gasteiger partial charge in [0.15, 0.2) is 17.9 Å². The normalized spacial score (nSPS) is 15.8. The number of guanidine groups is 3. The maximum Gasteiger partial charge on any atom is 0.327 e. The highest BCUT2D eigenvalue weighted by Crippen LogP contribution is 2.23. The fourth-order valence-corrected chi connectivity index (χ4v) is 16.8. The van der Waals surface area contributed by atoms with Gasteiger partial charge in [-0.3, -0.25) is 103 Å². The van der Waals surface area contributed by atoms with E-state index in [2.05, 4.69) is 146 Å². The van der Waals surface area contributed by atoms with Gasteiger partial charge in [0.05, 0.1) is 31.4 Å². The van der Waals surface area contributed by atoms with Crippen molar-refractivity contribution in [2.45, 2.75) is 279 Å². The second-order valence-electron chi connectivity index (χ2n) is 37.2. The van der Waals surface area contributed by atoms with Gasteiger partial charge in [-0.05, 0) is 145 Å². The summed E-state index contributed by atoms with van der Waals surface area (Å²) < 4.78 is 0.